The van der Waals surface area contributed by atoms with E-state index in [1.807, 2.05) is 13.0 Å². The van der Waals surface area contributed by atoms with Crippen molar-refractivity contribution in [2.24, 2.45) is 0 Å². The summed E-state index contributed by atoms with van der Waals surface area (Å²) in [4.78, 5) is 15.5. The minimum Gasteiger partial charge on any atom is -0.476 e. The van der Waals surface area contributed by atoms with Crippen molar-refractivity contribution >= 4 is 29.1 Å². The zero-order chi connectivity index (χ0) is 15.5. The van der Waals surface area contributed by atoms with Crippen LogP contribution in [0.25, 0.3) is 16.5 Å². The molecule has 1 N–H and O–H groups in total. The number of aromatic carboxylic acids is 1. The second-order valence-electron chi connectivity index (χ2n) is 4.13. The predicted octanol–water partition coefficient (Wildman–Crippen LogP) is 2.60. The van der Waals surface area contributed by atoms with E-state index in [2.05, 4.69) is 20.3 Å². The summed E-state index contributed by atoms with van der Waals surface area (Å²) in [7, 11) is 0. The van der Waals surface area contributed by atoms with Gasteiger partial charge in [0, 0.05) is 12.3 Å². The number of rotatable bonds is 5. The zero-order valence-corrected chi connectivity index (χ0v) is 13.1. The van der Waals surface area contributed by atoms with Crippen LogP contribution in [-0.4, -0.2) is 41.8 Å². The fourth-order valence-corrected chi connectivity index (χ4v) is 3.50. The molecule has 0 saturated carbocycles. The Kier molecular flexibility index (Phi) is 4.16. The largest absolute Gasteiger partial charge is 0.476 e. The van der Waals surface area contributed by atoms with Crippen molar-refractivity contribution in [1.29, 1.82) is 0 Å². The van der Waals surface area contributed by atoms with Crippen molar-refractivity contribution in [1.82, 2.24) is 25.0 Å². The van der Waals surface area contributed by atoms with Gasteiger partial charge in [0.05, 0.1) is 11.4 Å². The molecule has 3 aromatic heterocycles. The molecule has 0 aliphatic carbocycles. The number of aromatic nitrogens is 5. The van der Waals surface area contributed by atoms with Crippen LogP contribution in [-0.2, 0) is 0 Å². The second-order valence-corrected chi connectivity index (χ2v) is 6.60. The van der Waals surface area contributed by atoms with E-state index in [4.69, 9.17) is 0 Å². The summed E-state index contributed by atoms with van der Waals surface area (Å²) >= 11 is 2.94. The first kappa shape index (κ1) is 14.7. The van der Waals surface area contributed by atoms with Gasteiger partial charge in [-0.25, -0.2) is 9.48 Å². The molecule has 0 unspecified atom stereocenters. The molecule has 7 nitrogen and oxygen atoms in total. The van der Waals surface area contributed by atoms with Gasteiger partial charge in [-0.15, -0.1) is 10.2 Å². The van der Waals surface area contributed by atoms with Gasteiger partial charge in [-0.3, -0.25) is 4.98 Å². The zero-order valence-electron chi connectivity index (χ0n) is 11.5. The van der Waals surface area contributed by atoms with Crippen LogP contribution in [0.5, 0.6) is 0 Å². The molecule has 22 heavy (non-hydrogen) atoms. The number of nitrogens with zero attached hydrogens (tertiary/aromatic N) is 5. The van der Waals surface area contributed by atoms with Crippen molar-refractivity contribution in [2.75, 3.05) is 5.75 Å². The smallest absolute Gasteiger partial charge is 0.356 e. The van der Waals surface area contributed by atoms with Gasteiger partial charge in [0.25, 0.3) is 0 Å². The molecule has 0 aromatic carbocycles. The van der Waals surface area contributed by atoms with Crippen LogP contribution in [0.15, 0.2) is 34.8 Å². The maximum absolute atomic E-state index is 11.2. The van der Waals surface area contributed by atoms with E-state index in [0.29, 0.717) is 16.5 Å². The fraction of sp³-hybridized carbons (Fsp3) is 0.154. The summed E-state index contributed by atoms with van der Waals surface area (Å²) in [5.41, 5.74) is 1.14. The highest BCUT2D eigenvalue weighted by Crippen LogP contribution is 2.28. The average molecular weight is 333 g/mol. The Morgan fingerprint density at radius 3 is 2.95 bits per heavy atom. The monoisotopic (exact) mass is 333 g/mol. The summed E-state index contributed by atoms with van der Waals surface area (Å²) in [6.07, 6.45) is 1.64. The Morgan fingerprint density at radius 1 is 1.41 bits per heavy atom. The van der Waals surface area contributed by atoms with Crippen molar-refractivity contribution in [3.63, 3.8) is 0 Å². The van der Waals surface area contributed by atoms with Gasteiger partial charge in [-0.1, -0.05) is 36.1 Å². The number of hydrogen-bond acceptors (Lipinski definition) is 7. The summed E-state index contributed by atoms with van der Waals surface area (Å²) in [6.45, 7) is 2.03. The Morgan fingerprint density at radius 2 is 2.27 bits per heavy atom. The van der Waals surface area contributed by atoms with Crippen LogP contribution in [0.4, 0.5) is 0 Å². The van der Waals surface area contributed by atoms with Gasteiger partial charge >= 0.3 is 5.97 Å². The molecule has 0 bridgehead atoms. The minimum absolute atomic E-state index is 0.0550. The highest BCUT2D eigenvalue weighted by molar-refractivity contribution is 8.01. The van der Waals surface area contributed by atoms with Gasteiger partial charge in [-0.05, 0) is 17.9 Å². The minimum atomic E-state index is -1.09. The third-order valence-electron chi connectivity index (χ3n) is 2.70. The topological polar surface area (TPSA) is 93.8 Å². The Balaban J connectivity index is 2.10. The third kappa shape index (κ3) is 2.85. The molecular formula is C13H11N5O2S2. The molecule has 0 saturated heterocycles. The molecule has 0 aliphatic heterocycles. The third-order valence-corrected chi connectivity index (χ3v) is 4.61. The summed E-state index contributed by atoms with van der Waals surface area (Å²) in [5, 5.41) is 22.0. The lowest BCUT2D eigenvalue weighted by Gasteiger charge is -2.01. The van der Waals surface area contributed by atoms with E-state index in [-0.39, 0.29) is 5.69 Å². The molecule has 3 heterocycles. The van der Waals surface area contributed by atoms with Gasteiger partial charge in [0.2, 0.25) is 5.13 Å². The van der Waals surface area contributed by atoms with Crippen LogP contribution in [0.3, 0.4) is 0 Å². The van der Waals surface area contributed by atoms with Crippen molar-refractivity contribution < 1.29 is 9.90 Å². The number of thioether (sulfide) groups is 1. The highest BCUT2D eigenvalue weighted by atomic mass is 32.2. The van der Waals surface area contributed by atoms with Crippen LogP contribution in [0, 0.1) is 0 Å². The van der Waals surface area contributed by atoms with Crippen LogP contribution < -0.4 is 0 Å². The quantitative estimate of drug-likeness (QED) is 0.717. The average Bonchev–Trinajstić information content (AvgIpc) is 3.15. The summed E-state index contributed by atoms with van der Waals surface area (Å²) < 4.78 is 2.29. The molecule has 0 radical (unpaired) electrons. The number of hydrogen-bond donors (Lipinski definition) is 1. The molecule has 9 heteroatoms. The first-order chi connectivity index (χ1) is 10.7. The van der Waals surface area contributed by atoms with E-state index < -0.39 is 5.97 Å². The van der Waals surface area contributed by atoms with Crippen LogP contribution in [0.1, 0.15) is 17.4 Å². The van der Waals surface area contributed by atoms with Gasteiger partial charge < -0.3 is 5.11 Å². The molecule has 0 atom stereocenters. The van der Waals surface area contributed by atoms with Crippen LogP contribution >= 0.6 is 23.1 Å². The Bertz CT molecular complexity index is 800. The van der Waals surface area contributed by atoms with E-state index in [1.54, 1.807) is 30.1 Å². The van der Waals surface area contributed by atoms with E-state index in [0.717, 1.165) is 10.1 Å². The van der Waals surface area contributed by atoms with Crippen molar-refractivity contribution in [3.05, 3.63) is 36.2 Å². The molecular weight excluding hydrogens is 322 g/mol. The fourth-order valence-electron chi connectivity index (χ4n) is 1.80. The number of carboxylic acid groups (broad SMARTS) is 1. The van der Waals surface area contributed by atoms with Gasteiger partial charge in [-0.2, -0.15) is 5.10 Å². The lowest BCUT2D eigenvalue weighted by Crippen LogP contribution is -2.02. The summed E-state index contributed by atoms with van der Waals surface area (Å²) in [5.74, 6) is -0.204. The SMILES string of the molecule is CCSc1nnc(-n2nc(C(=O)O)cc2-c2ccccn2)s1. The molecule has 0 aliphatic rings. The molecule has 0 spiro atoms. The molecule has 3 aromatic rings. The standard InChI is InChI=1S/C13H11N5O2S2/c1-2-21-13-16-15-12(22-13)18-10(7-9(17-18)11(19)20)8-5-3-4-6-14-8/h3-7H,2H2,1H3,(H,19,20). The Hall–Kier alpha value is -2.26. The van der Waals surface area contributed by atoms with Crippen molar-refractivity contribution in [2.45, 2.75) is 11.3 Å². The first-order valence-electron chi connectivity index (χ1n) is 6.40. The number of pyridine rings is 1. The maximum Gasteiger partial charge on any atom is 0.356 e. The summed E-state index contributed by atoms with van der Waals surface area (Å²) in [6, 6.07) is 6.91. The van der Waals surface area contributed by atoms with E-state index >= 15 is 0 Å². The molecule has 0 fully saturated rings. The van der Waals surface area contributed by atoms with Crippen molar-refractivity contribution in [3.8, 4) is 16.5 Å². The second kappa shape index (κ2) is 6.24. The molecule has 0 amide bonds. The van der Waals surface area contributed by atoms with Gasteiger partial charge in [0.1, 0.15) is 0 Å². The Labute approximate surface area is 134 Å². The lowest BCUT2D eigenvalue weighted by molar-refractivity contribution is 0.0690. The van der Waals surface area contributed by atoms with Gasteiger partial charge in [0.15, 0.2) is 10.0 Å². The predicted molar refractivity (Wildman–Crippen MR) is 83.6 cm³/mol. The normalized spacial score (nSPS) is 10.8. The van der Waals surface area contributed by atoms with E-state index in [1.165, 1.54) is 22.1 Å². The number of carboxylic acids is 1. The molecule has 112 valence electrons. The first-order valence-corrected chi connectivity index (χ1v) is 8.20. The number of carbonyl (C=O) groups is 1. The maximum atomic E-state index is 11.2. The highest BCUT2D eigenvalue weighted by Gasteiger charge is 2.19. The van der Waals surface area contributed by atoms with E-state index in [9.17, 15) is 9.90 Å². The van der Waals surface area contributed by atoms with Crippen LogP contribution in [0.2, 0.25) is 0 Å². The lowest BCUT2D eigenvalue weighted by atomic mass is 10.2. The molecule has 3 rings (SSSR count).